The second-order valence-corrected chi connectivity index (χ2v) is 4.73. The summed E-state index contributed by atoms with van der Waals surface area (Å²) in [6, 6.07) is 4.64. The van der Waals surface area contributed by atoms with Crippen molar-refractivity contribution in [3.8, 4) is 0 Å². The number of anilines is 2. The topological polar surface area (TPSA) is 24.9 Å². The number of aromatic nitrogens is 1. The number of hydrogen-bond acceptors (Lipinski definition) is 3. The molecule has 15 heavy (non-hydrogen) atoms. The Bertz CT molecular complexity index is 484. The number of nitrogens with zero attached hydrogens (tertiary/aromatic N) is 1. The van der Waals surface area contributed by atoms with Gasteiger partial charge in [-0.15, -0.1) is 11.3 Å². The molecule has 2 rings (SSSR count). The van der Waals surface area contributed by atoms with E-state index < -0.39 is 0 Å². The van der Waals surface area contributed by atoms with Gasteiger partial charge in [0.05, 0.1) is 0 Å². The Labute approximate surface area is 99.3 Å². The van der Waals surface area contributed by atoms with Crippen LogP contribution in [0.5, 0.6) is 0 Å². The van der Waals surface area contributed by atoms with E-state index in [1.807, 2.05) is 12.3 Å². The minimum Gasteiger partial charge on any atom is -0.331 e. The molecule has 78 valence electrons. The summed E-state index contributed by atoms with van der Waals surface area (Å²) in [6.07, 6.45) is 0. The molecule has 0 aliphatic heterocycles. The molecule has 2 aromatic rings. The maximum Gasteiger partial charge on any atom is 0.188 e. The molecular formula is C10H8BrFN2S. The van der Waals surface area contributed by atoms with E-state index in [4.69, 9.17) is 0 Å². The summed E-state index contributed by atoms with van der Waals surface area (Å²) in [5.41, 5.74) is 1.74. The van der Waals surface area contributed by atoms with Crippen LogP contribution in [-0.2, 0) is 0 Å². The first-order chi connectivity index (χ1) is 7.15. The molecule has 1 heterocycles. The van der Waals surface area contributed by atoms with E-state index in [0.717, 1.165) is 21.0 Å². The zero-order valence-corrected chi connectivity index (χ0v) is 10.3. The highest BCUT2D eigenvalue weighted by atomic mass is 79.9. The lowest BCUT2D eigenvalue weighted by Gasteiger charge is -2.05. The number of nitrogens with one attached hydrogen (secondary N) is 1. The second kappa shape index (κ2) is 4.28. The van der Waals surface area contributed by atoms with Crippen LogP contribution >= 0.6 is 27.3 Å². The fourth-order valence-electron chi connectivity index (χ4n) is 1.16. The van der Waals surface area contributed by atoms with Gasteiger partial charge in [-0.3, -0.25) is 0 Å². The zero-order chi connectivity index (χ0) is 10.8. The molecule has 1 aromatic carbocycles. The lowest BCUT2D eigenvalue weighted by molar-refractivity contribution is 0.628. The fraction of sp³-hybridized carbons (Fsp3) is 0.100. The van der Waals surface area contributed by atoms with E-state index in [-0.39, 0.29) is 5.82 Å². The molecule has 0 bridgehead atoms. The van der Waals surface area contributed by atoms with E-state index >= 15 is 0 Å². The van der Waals surface area contributed by atoms with Crippen molar-refractivity contribution < 1.29 is 4.39 Å². The molecule has 2 nitrogen and oxygen atoms in total. The molecular weight excluding hydrogens is 279 g/mol. The molecule has 0 aliphatic rings. The highest BCUT2D eigenvalue weighted by molar-refractivity contribution is 9.10. The average molecular weight is 287 g/mol. The number of rotatable bonds is 2. The van der Waals surface area contributed by atoms with Gasteiger partial charge >= 0.3 is 0 Å². The SMILES string of the molecule is Cc1ccc(F)cc1Nc1nc(Br)cs1. The average Bonchev–Trinajstić information content (AvgIpc) is 2.58. The summed E-state index contributed by atoms with van der Waals surface area (Å²) in [7, 11) is 0. The van der Waals surface area contributed by atoms with Gasteiger partial charge in [-0.25, -0.2) is 9.37 Å². The van der Waals surface area contributed by atoms with Crippen LogP contribution in [0.1, 0.15) is 5.56 Å². The van der Waals surface area contributed by atoms with Crippen LogP contribution < -0.4 is 5.32 Å². The molecule has 0 unspecified atom stereocenters. The van der Waals surface area contributed by atoms with E-state index in [2.05, 4.69) is 26.2 Å². The molecule has 0 fully saturated rings. The number of halogens is 2. The van der Waals surface area contributed by atoms with Crippen molar-refractivity contribution in [3.63, 3.8) is 0 Å². The van der Waals surface area contributed by atoms with Crippen LogP contribution in [0, 0.1) is 12.7 Å². The van der Waals surface area contributed by atoms with E-state index in [1.165, 1.54) is 23.5 Å². The van der Waals surface area contributed by atoms with E-state index in [1.54, 1.807) is 6.07 Å². The first-order valence-corrected chi connectivity index (χ1v) is 5.96. The standard InChI is InChI=1S/C10H8BrFN2S/c1-6-2-3-7(12)4-8(6)13-10-14-9(11)5-15-10/h2-5H,1H3,(H,13,14). The first kappa shape index (κ1) is 10.6. The van der Waals surface area contributed by atoms with Gasteiger partial charge < -0.3 is 5.32 Å². The molecule has 1 N–H and O–H groups in total. The third-order valence-corrected chi connectivity index (χ3v) is 3.38. The third-order valence-electron chi connectivity index (χ3n) is 1.92. The fourth-order valence-corrected chi connectivity index (χ4v) is 2.31. The van der Waals surface area contributed by atoms with Gasteiger partial charge in [0.1, 0.15) is 10.4 Å². The van der Waals surface area contributed by atoms with Crippen molar-refractivity contribution in [2.45, 2.75) is 6.92 Å². The van der Waals surface area contributed by atoms with Crippen LogP contribution in [0.2, 0.25) is 0 Å². The second-order valence-electron chi connectivity index (χ2n) is 3.06. The van der Waals surface area contributed by atoms with Gasteiger partial charge in [0.15, 0.2) is 5.13 Å². The highest BCUT2D eigenvalue weighted by Crippen LogP contribution is 2.25. The minimum atomic E-state index is -0.251. The number of hydrogen-bond donors (Lipinski definition) is 1. The third kappa shape index (κ3) is 2.54. The van der Waals surface area contributed by atoms with E-state index in [0.29, 0.717) is 0 Å². The van der Waals surface area contributed by atoms with Crippen molar-refractivity contribution in [2.75, 3.05) is 5.32 Å². The van der Waals surface area contributed by atoms with Crippen molar-refractivity contribution in [2.24, 2.45) is 0 Å². The first-order valence-electron chi connectivity index (χ1n) is 4.29. The van der Waals surface area contributed by atoms with Crippen molar-refractivity contribution >= 4 is 38.1 Å². The van der Waals surface area contributed by atoms with Crippen LogP contribution in [0.25, 0.3) is 0 Å². The number of benzene rings is 1. The Morgan fingerprint density at radius 2 is 2.27 bits per heavy atom. The smallest absolute Gasteiger partial charge is 0.188 e. The molecule has 0 saturated carbocycles. The largest absolute Gasteiger partial charge is 0.331 e. The Morgan fingerprint density at radius 3 is 2.93 bits per heavy atom. The lowest BCUT2D eigenvalue weighted by Crippen LogP contribution is -1.93. The quantitative estimate of drug-likeness (QED) is 0.899. The van der Waals surface area contributed by atoms with Gasteiger partial charge in [0.25, 0.3) is 0 Å². The minimum absolute atomic E-state index is 0.251. The highest BCUT2D eigenvalue weighted by Gasteiger charge is 2.03. The van der Waals surface area contributed by atoms with Gasteiger partial charge in [-0.1, -0.05) is 6.07 Å². The normalized spacial score (nSPS) is 10.3. The maximum absolute atomic E-state index is 13.0. The Kier molecular flexibility index (Phi) is 3.02. The Balaban J connectivity index is 2.27. The zero-order valence-electron chi connectivity index (χ0n) is 7.92. The van der Waals surface area contributed by atoms with Crippen molar-refractivity contribution in [1.29, 1.82) is 0 Å². The monoisotopic (exact) mass is 286 g/mol. The maximum atomic E-state index is 13.0. The van der Waals surface area contributed by atoms with Gasteiger partial charge in [-0.05, 0) is 40.5 Å². The molecule has 5 heteroatoms. The molecule has 0 radical (unpaired) electrons. The number of thiazole rings is 1. The molecule has 0 atom stereocenters. The molecule has 0 saturated heterocycles. The van der Waals surface area contributed by atoms with Crippen LogP contribution in [-0.4, -0.2) is 4.98 Å². The van der Waals surface area contributed by atoms with Crippen LogP contribution in [0.3, 0.4) is 0 Å². The van der Waals surface area contributed by atoms with Crippen molar-refractivity contribution in [3.05, 3.63) is 39.6 Å². The predicted octanol–water partition coefficient (Wildman–Crippen LogP) is 4.10. The van der Waals surface area contributed by atoms with Gasteiger partial charge in [-0.2, -0.15) is 0 Å². The predicted molar refractivity (Wildman–Crippen MR) is 64.2 cm³/mol. The van der Waals surface area contributed by atoms with Crippen molar-refractivity contribution in [1.82, 2.24) is 4.98 Å². The molecule has 0 aliphatic carbocycles. The van der Waals surface area contributed by atoms with Crippen LogP contribution in [0.15, 0.2) is 28.2 Å². The molecule has 0 spiro atoms. The summed E-state index contributed by atoms with van der Waals surface area (Å²) < 4.78 is 13.8. The summed E-state index contributed by atoms with van der Waals surface area (Å²) in [6.45, 7) is 1.92. The van der Waals surface area contributed by atoms with Crippen LogP contribution in [0.4, 0.5) is 15.2 Å². The molecule has 0 amide bonds. The summed E-state index contributed by atoms with van der Waals surface area (Å²) in [4.78, 5) is 4.18. The summed E-state index contributed by atoms with van der Waals surface area (Å²) in [5, 5.41) is 5.69. The number of aryl methyl sites for hydroxylation is 1. The van der Waals surface area contributed by atoms with Gasteiger partial charge in [0.2, 0.25) is 0 Å². The Hall–Kier alpha value is -0.940. The lowest BCUT2D eigenvalue weighted by atomic mass is 10.2. The molecule has 1 aromatic heterocycles. The summed E-state index contributed by atoms with van der Waals surface area (Å²) in [5.74, 6) is -0.251. The Morgan fingerprint density at radius 1 is 1.47 bits per heavy atom. The summed E-state index contributed by atoms with van der Waals surface area (Å²) >= 11 is 4.73. The van der Waals surface area contributed by atoms with Gasteiger partial charge in [0, 0.05) is 11.1 Å². The van der Waals surface area contributed by atoms with E-state index in [9.17, 15) is 4.39 Å².